The maximum atomic E-state index is 13.5. The summed E-state index contributed by atoms with van der Waals surface area (Å²) in [4.78, 5) is 38.0. The SMILES string of the molecule is C[C@@H](COCc1ccccc1)NC(=O)C(C)(C)C.C[C@@H]1CCCN1C(=O)C(c1ccccc1)n1ccc2cc(NC=O)ccc21. The van der Waals surface area contributed by atoms with Gasteiger partial charge in [-0.1, -0.05) is 81.4 Å². The number of anilines is 1. The average Bonchev–Trinajstić information content (AvgIpc) is 3.64. The van der Waals surface area contributed by atoms with Crippen LogP contribution in [0.25, 0.3) is 10.9 Å². The number of nitrogens with one attached hydrogen (secondary N) is 2. The minimum Gasteiger partial charge on any atom is -0.375 e. The molecular weight excluding hydrogens is 564 g/mol. The molecule has 3 amide bonds. The molecule has 3 atom stereocenters. The summed E-state index contributed by atoms with van der Waals surface area (Å²) in [5.74, 6) is 0.192. The topological polar surface area (TPSA) is 92.7 Å². The highest BCUT2D eigenvalue weighted by atomic mass is 16.5. The van der Waals surface area contributed by atoms with Crippen LogP contribution in [0.1, 0.15) is 64.6 Å². The first-order chi connectivity index (χ1) is 21.6. The Labute approximate surface area is 266 Å². The molecule has 8 nitrogen and oxygen atoms in total. The van der Waals surface area contributed by atoms with E-state index in [0.717, 1.165) is 47.1 Å². The lowest BCUT2D eigenvalue weighted by Crippen LogP contribution is -2.42. The van der Waals surface area contributed by atoms with E-state index in [-0.39, 0.29) is 29.3 Å². The standard InChI is InChI=1S/C22H23N3O2.C15H23NO2/c1-16-6-5-12-24(16)22(27)21(17-7-3-2-4-8-17)25-13-11-18-14-19(23-15-26)9-10-20(18)25;1-12(16-14(17)15(2,3)4)10-18-11-13-8-6-5-7-9-13/h2-4,7-11,13-16,21H,5-6,12H2,1H3,(H,23,26);5-9,12H,10-11H2,1-4H3,(H,16,17)/t16-,21?;12-/m10/s1. The van der Waals surface area contributed by atoms with E-state index in [9.17, 15) is 14.4 Å². The fourth-order valence-corrected chi connectivity index (χ4v) is 5.43. The van der Waals surface area contributed by atoms with Gasteiger partial charge in [-0.3, -0.25) is 14.4 Å². The lowest BCUT2D eigenvalue weighted by atomic mass is 9.95. The Morgan fingerprint density at radius 2 is 1.69 bits per heavy atom. The van der Waals surface area contributed by atoms with Gasteiger partial charge >= 0.3 is 0 Å². The second-order valence-corrected chi connectivity index (χ2v) is 12.7. The number of nitrogens with zero attached hydrogens (tertiary/aromatic N) is 2. The van der Waals surface area contributed by atoms with Crippen LogP contribution in [0, 0.1) is 5.41 Å². The number of likely N-dealkylation sites (tertiary alicyclic amines) is 1. The normalized spacial score (nSPS) is 15.9. The Morgan fingerprint density at radius 3 is 2.31 bits per heavy atom. The molecule has 1 unspecified atom stereocenters. The number of carbonyl (C=O) groups excluding carboxylic acids is 3. The van der Waals surface area contributed by atoms with Crippen LogP contribution in [0.15, 0.2) is 91.1 Å². The van der Waals surface area contributed by atoms with Gasteiger partial charge in [0.15, 0.2) is 0 Å². The third-order valence-corrected chi connectivity index (χ3v) is 7.95. The molecule has 0 radical (unpaired) electrons. The van der Waals surface area contributed by atoms with Crippen LogP contribution in [-0.4, -0.2) is 52.9 Å². The van der Waals surface area contributed by atoms with Gasteiger partial charge in [-0.15, -0.1) is 0 Å². The summed E-state index contributed by atoms with van der Waals surface area (Å²) in [6, 6.07) is 27.6. The summed E-state index contributed by atoms with van der Waals surface area (Å²) in [6.07, 6.45) is 4.75. The highest BCUT2D eigenvalue weighted by Crippen LogP contribution is 2.31. The first-order valence-electron chi connectivity index (χ1n) is 15.7. The lowest BCUT2D eigenvalue weighted by molar-refractivity contribution is -0.134. The molecule has 1 saturated heterocycles. The summed E-state index contributed by atoms with van der Waals surface area (Å²) < 4.78 is 7.62. The number of benzene rings is 3. The molecule has 3 aromatic carbocycles. The predicted octanol–water partition coefficient (Wildman–Crippen LogP) is 6.56. The molecule has 4 aromatic rings. The van der Waals surface area contributed by atoms with Gasteiger partial charge in [-0.05, 0) is 62.1 Å². The van der Waals surface area contributed by atoms with Crippen LogP contribution >= 0.6 is 0 Å². The maximum absolute atomic E-state index is 13.5. The van der Waals surface area contributed by atoms with E-state index in [1.165, 1.54) is 0 Å². The second-order valence-electron chi connectivity index (χ2n) is 12.7. The number of carbonyl (C=O) groups is 3. The van der Waals surface area contributed by atoms with Gasteiger partial charge in [-0.2, -0.15) is 0 Å². The Bertz CT molecular complexity index is 1550. The number of amides is 3. The number of hydrogen-bond donors (Lipinski definition) is 2. The number of fused-ring (bicyclic) bond motifs is 1. The minimum atomic E-state index is -0.394. The molecule has 0 spiro atoms. The summed E-state index contributed by atoms with van der Waals surface area (Å²) in [7, 11) is 0. The maximum Gasteiger partial charge on any atom is 0.250 e. The number of ether oxygens (including phenoxy) is 1. The third kappa shape index (κ3) is 9.05. The molecule has 1 fully saturated rings. The van der Waals surface area contributed by atoms with Crippen molar-refractivity contribution in [2.45, 2.75) is 72.2 Å². The van der Waals surface area contributed by atoms with Crippen molar-refractivity contribution in [3.05, 3.63) is 102 Å². The molecule has 5 rings (SSSR count). The predicted molar refractivity (Wildman–Crippen MR) is 180 cm³/mol. The van der Waals surface area contributed by atoms with E-state index < -0.39 is 6.04 Å². The molecule has 238 valence electrons. The van der Waals surface area contributed by atoms with Crippen molar-refractivity contribution >= 4 is 34.8 Å². The lowest BCUT2D eigenvalue weighted by Gasteiger charge is -2.28. The van der Waals surface area contributed by atoms with Gasteiger partial charge in [0, 0.05) is 46.8 Å². The summed E-state index contributed by atoms with van der Waals surface area (Å²) >= 11 is 0. The minimum absolute atomic E-state index is 0.0282. The third-order valence-electron chi connectivity index (χ3n) is 7.95. The van der Waals surface area contributed by atoms with Crippen molar-refractivity contribution in [2.24, 2.45) is 5.41 Å². The molecule has 0 bridgehead atoms. The van der Waals surface area contributed by atoms with Gasteiger partial charge in [0.05, 0.1) is 13.2 Å². The fourth-order valence-electron chi connectivity index (χ4n) is 5.43. The highest BCUT2D eigenvalue weighted by molar-refractivity contribution is 5.90. The van der Waals surface area contributed by atoms with Crippen molar-refractivity contribution in [1.29, 1.82) is 0 Å². The molecule has 0 aliphatic carbocycles. The Hall–Kier alpha value is -4.43. The van der Waals surface area contributed by atoms with Crippen LogP contribution in [-0.2, 0) is 25.7 Å². The van der Waals surface area contributed by atoms with E-state index in [2.05, 4.69) is 17.6 Å². The van der Waals surface area contributed by atoms with E-state index in [1.807, 2.05) is 128 Å². The molecule has 1 aromatic heterocycles. The summed E-state index contributed by atoms with van der Waals surface area (Å²) in [5, 5.41) is 6.61. The first kappa shape index (κ1) is 33.5. The molecular formula is C37H46N4O4. The van der Waals surface area contributed by atoms with Crippen LogP contribution in [0.5, 0.6) is 0 Å². The molecule has 1 aliphatic rings. The van der Waals surface area contributed by atoms with E-state index in [0.29, 0.717) is 19.6 Å². The molecule has 2 heterocycles. The van der Waals surface area contributed by atoms with Crippen LogP contribution in [0.3, 0.4) is 0 Å². The Morgan fingerprint density at radius 1 is 1.00 bits per heavy atom. The Kier molecular flexibility index (Phi) is 11.5. The smallest absolute Gasteiger partial charge is 0.250 e. The van der Waals surface area contributed by atoms with Crippen molar-refractivity contribution in [1.82, 2.24) is 14.8 Å². The van der Waals surface area contributed by atoms with E-state index in [4.69, 9.17) is 4.74 Å². The summed E-state index contributed by atoms with van der Waals surface area (Å²) in [6.45, 7) is 11.7. The molecule has 8 heteroatoms. The molecule has 1 aliphatic heterocycles. The van der Waals surface area contributed by atoms with Crippen LogP contribution in [0.4, 0.5) is 5.69 Å². The second kappa shape index (κ2) is 15.5. The van der Waals surface area contributed by atoms with Crippen LogP contribution < -0.4 is 10.6 Å². The first-order valence-corrected chi connectivity index (χ1v) is 15.7. The van der Waals surface area contributed by atoms with Crippen molar-refractivity contribution in [3.63, 3.8) is 0 Å². The van der Waals surface area contributed by atoms with Gasteiger partial charge in [0.25, 0.3) is 5.91 Å². The van der Waals surface area contributed by atoms with Crippen LogP contribution in [0.2, 0.25) is 0 Å². The largest absolute Gasteiger partial charge is 0.375 e. The fraction of sp³-hybridized carbons (Fsp3) is 0.378. The molecule has 45 heavy (non-hydrogen) atoms. The molecule has 0 saturated carbocycles. The quantitative estimate of drug-likeness (QED) is 0.199. The zero-order valence-electron chi connectivity index (χ0n) is 27.0. The highest BCUT2D eigenvalue weighted by Gasteiger charge is 2.33. The van der Waals surface area contributed by atoms with Gasteiger partial charge in [0.2, 0.25) is 12.3 Å². The summed E-state index contributed by atoms with van der Waals surface area (Å²) in [5.41, 5.74) is 3.49. The molecule has 2 N–H and O–H groups in total. The number of hydrogen-bond acceptors (Lipinski definition) is 4. The number of rotatable bonds is 10. The zero-order chi connectivity index (χ0) is 32.4. The number of aromatic nitrogens is 1. The van der Waals surface area contributed by atoms with Gasteiger partial charge < -0.3 is 24.8 Å². The van der Waals surface area contributed by atoms with Crippen molar-refractivity contribution in [2.75, 3.05) is 18.5 Å². The average molecular weight is 611 g/mol. The van der Waals surface area contributed by atoms with Gasteiger partial charge in [-0.25, -0.2) is 0 Å². The van der Waals surface area contributed by atoms with E-state index >= 15 is 0 Å². The van der Waals surface area contributed by atoms with Gasteiger partial charge in [0.1, 0.15) is 6.04 Å². The van der Waals surface area contributed by atoms with E-state index in [1.54, 1.807) is 0 Å². The zero-order valence-corrected chi connectivity index (χ0v) is 27.0. The van der Waals surface area contributed by atoms with Crippen molar-refractivity contribution < 1.29 is 19.1 Å². The van der Waals surface area contributed by atoms with Crippen molar-refractivity contribution in [3.8, 4) is 0 Å². The Balaban J connectivity index is 0.000000224. The monoisotopic (exact) mass is 610 g/mol.